The lowest BCUT2D eigenvalue weighted by atomic mass is 10.3. The summed E-state index contributed by atoms with van der Waals surface area (Å²) in [6.45, 7) is 2.69. The molecule has 16 heavy (non-hydrogen) atoms. The molecule has 0 radical (unpaired) electrons. The zero-order valence-corrected chi connectivity index (χ0v) is 9.08. The van der Waals surface area contributed by atoms with Crippen molar-refractivity contribution in [2.75, 3.05) is 19.8 Å². The van der Waals surface area contributed by atoms with Crippen LogP contribution >= 0.6 is 0 Å². The molecule has 0 amide bonds. The molecule has 90 valence electrons. The monoisotopic (exact) mass is 231 g/mol. The van der Waals surface area contributed by atoms with Crippen LogP contribution < -0.4 is 10.5 Å². The van der Waals surface area contributed by atoms with Crippen molar-refractivity contribution in [1.29, 1.82) is 0 Å². The fourth-order valence-corrected chi connectivity index (χ4v) is 1.20. The molecular formula is C11H15F2NO2. The first-order chi connectivity index (χ1) is 7.69. The van der Waals surface area contributed by atoms with Crippen molar-refractivity contribution in [1.82, 2.24) is 0 Å². The summed E-state index contributed by atoms with van der Waals surface area (Å²) >= 11 is 0. The number of hydrogen-bond acceptors (Lipinski definition) is 3. The van der Waals surface area contributed by atoms with Crippen molar-refractivity contribution >= 4 is 0 Å². The quantitative estimate of drug-likeness (QED) is 0.810. The van der Waals surface area contributed by atoms with Crippen molar-refractivity contribution in [2.24, 2.45) is 5.73 Å². The van der Waals surface area contributed by atoms with Crippen LogP contribution in [0.3, 0.4) is 0 Å². The summed E-state index contributed by atoms with van der Waals surface area (Å²) in [4.78, 5) is 0. The molecule has 1 aromatic carbocycles. The van der Waals surface area contributed by atoms with E-state index < -0.39 is 11.6 Å². The molecule has 1 unspecified atom stereocenters. The van der Waals surface area contributed by atoms with Gasteiger partial charge in [-0.2, -0.15) is 4.39 Å². The van der Waals surface area contributed by atoms with E-state index in [1.807, 2.05) is 6.92 Å². The lowest BCUT2D eigenvalue weighted by Gasteiger charge is -2.15. The van der Waals surface area contributed by atoms with Gasteiger partial charge in [0.2, 0.25) is 5.82 Å². The first-order valence-electron chi connectivity index (χ1n) is 5.07. The van der Waals surface area contributed by atoms with Crippen molar-refractivity contribution < 1.29 is 18.3 Å². The van der Waals surface area contributed by atoms with E-state index in [0.717, 1.165) is 6.07 Å². The van der Waals surface area contributed by atoms with Gasteiger partial charge in [0.15, 0.2) is 11.6 Å². The fourth-order valence-electron chi connectivity index (χ4n) is 1.20. The number of halogens is 2. The molecule has 0 bridgehead atoms. The Kier molecular flexibility index (Phi) is 5.14. The maximum absolute atomic E-state index is 13.2. The van der Waals surface area contributed by atoms with Crippen LogP contribution in [0.5, 0.6) is 5.75 Å². The molecule has 1 rings (SSSR count). The van der Waals surface area contributed by atoms with Gasteiger partial charge in [-0.15, -0.1) is 0 Å². The molecule has 0 saturated carbocycles. The minimum Gasteiger partial charge on any atom is -0.488 e. The van der Waals surface area contributed by atoms with Crippen molar-refractivity contribution in [3.8, 4) is 5.75 Å². The number of hydrogen-bond donors (Lipinski definition) is 1. The SMILES string of the molecule is CCOC(CN)COc1cccc(F)c1F. The zero-order valence-electron chi connectivity index (χ0n) is 9.08. The van der Waals surface area contributed by atoms with E-state index >= 15 is 0 Å². The maximum atomic E-state index is 13.2. The first kappa shape index (κ1) is 12.9. The smallest absolute Gasteiger partial charge is 0.200 e. The highest BCUT2D eigenvalue weighted by molar-refractivity contribution is 5.25. The summed E-state index contributed by atoms with van der Waals surface area (Å²) in [7, 11) is 0. The van der Waals surface area contributed by atoms with Crippen LogP contribution in [0.15, 0.2) is 18.2 Å². The van der Waals surface area contributed by atoms with E-state index in [9.17, 15) is 8.78 Å². The van der Waals surface area contributed by atoms with Crippen LogP contribution in [0.1, 0.15) is 6.92 Å². The largest absolute Gasteiger partial charge is 0.488 e. The summed E-state index contributed by atoms with van der Waals surface area (Å²) in [6.07, 6.45) is -0.312. The summed E-state index contributed by atoms with van der Waals surface area (Å²) < 4.78 is 36.3. The zero-order chi connectivity index (χ0) is 12.0. The van der Waals surface area contributed by atoms with Gasteiger partial charge in [-0.3, -0.25) is 0 Å². The molecule has 0 aliphatic carbocycles. The highest BCUT2D eigenvalue weighted by atomic mass is 19.2. The third-order valence-electron chi connectivity index (χ3n) is 2.01. The summed E-state index contributed by atoms with van der Waals surface area (Å²) in [5.74, 6) is -2.05. The highest BCUT2D eigenvalue weighted by Gasteiger charge is 2.11. The van der Waals surface area contributed by atoms with E-state index in [1.165, 1.54) is 12.1 Å². The van der Waals surface area contributed by atoms with E-state index in [1.54, 1.807) is 0 Å². The third-order valence-corrected chi connectivity index (χ3v) is 2.01. The summed E-state index contributed by atoms with van der Waals surface area (Å²) in [6, 6.07) is 3.77. The van der Waals surface area contributed by atoms with Crippen LogP contribution in [0.4, 0.5) is 8.78 Å². The number of nitrogens with two attached hydrogens (primary N) is 1. The Bertz CT molecular complexity index is 334. The molecule has 0 fully saturated rings. The van der Waals surface area contributed by atoms with Crippen molar-refractivity contribution in [2.45, 2.75) is 13.0 Å². The van der Waals surface area contributed by atoms with E-state index in [2.05, 4.69) is 0 Å². The first-order valence-corrected chi connectivity index (χ1v) is 5.07. The molecule has 0 spiro atoms. The van der Waals surface area contributed by atoms with Gasteiger partial charge in [-0.25, -0.2) is 4.39 Å². The van der Waals surface area contributed by atoms with E-state index in [0.29, 0.717) is 6.61 Å². The standard InChI is InChI=1S/C11H15F2NO2/c1-2-15-8(6-14)7-16-10-5-3-4-9(12)11(10)13/h3-5,8H,2,6-7,14H2,1H3. The van der Waals surface area contributed by atoms with Crippen LogP contribution in [0.25, 0.3) is 0 Å². The van der Waals surface area contributed by atoms with E-state index in [4.69, 9.17) is 15.2 Å². The van der Waals surface area contributed by atoms with Gasteiger partial charge in [-0.05, 0) is 19.1 Å². The van der Waals surface area contributed by atoms with Crippen LogP contribution in [-0.2, 0) is 4.74 Å². The Labute approximate surface area is 93.2 Å². The van der Waals surface area contributed by atoms with Crippen molar-refractivity contribution in [3.63, 3.8) is 0 Å². The lowest BCUT2D eigenvalue weighted by molar-refractivity contribution is 0.0325. The Hall–Kier alpha value is -1.20. The predicted octanol–water partition coefficient (Wildman–Crippen LogP) is 1.71. The number of rotatable bonds is 6. The van der Waals surface area contributed by atoms with Gasteiger partial charge in [0.1, 0.15) is 12.7 Å². The Balaban J connectivity index is 2.56. The number of ether oxygens (including phenoxy) is 2. The molecule has 0 aliphatic heterocycles. The molecule has 0 aromatic heterocycles. The predicted molar refractivity (Wildman–Crippen MR) is 56.3 cm³/mol. The molecular weight excluding hydrogens is 216 g/mol. The highest BCUT2D eigenvalue weighted by Crippen LogP contribution is 2.19. The van der Waals surface area contributed by atoms with Gasteiger partial charge in [0.25, 0.3) is 0 Å². The van der Waals surface area contributed by atoms with Crippen molar-refractivity contribution in [3.05, 3.63) is 29.8 Å². The summed E-state index contributed by atoms with van der Waals surface area (Å²) in [5, 5.41) is 0. The number of benzene rings is 1. The average molecular weight is 231 g/mol. The normalized spacial score (nSPS) is 12.5. The Morgan fingerprint density at radius 3 is 2.75 bits per heavy atom. The molecule has 5 heteroatoms. The van der Waals surface area contributed by atoms with Gasteiger partial charge in [0, 0.05) is 13.2 Å². The Morgan fingerprint density at radius 2 is 2.12 bits per heavy atom. The Morgan fingerprint density at radius 1 is 1.38 bits per heavy atom. The molecule has 1 aromatic rings. The maximum Gasteiger partial charge on any atom is 0.200 e. The van der Waals surface area contributed by atoms with E-state index in [-0.39, 0.29) is 25.0 Å². The molecule has 0 saturated heterocycles. The fraction of sp³-hybridized carbons (Fsp3) is 0.455. The summed E-state index contributed by atoms with van der Waals surface area (Å²) in [5.41, 5.74) is 5.42. The topological polar surface area (TPSA) is 44.5 Å². The van der Waals surface area contributed by atoms with Gasteiger partial charge in [0.05, 0.1) is 0 Å². The third kappa shape index (κ3) is 3.43. The second-order valence-electron chi connectivity index (χ2n) is 3.18. The molecule has 1 atom stereocenters. The average Bonchev–Trinajstić information content (AvgIpc) is 2.29. The second kappa shape index (κ2) is 6.40. The van der Waals surface area contributed by atoms with Crippen LogP contribution in [0, 0.1) is 11.6 Å². The van der Waals surface area contributed by atoms with Gasteiger partial charge in [-0.1, -0.05) is 6.07 Å². The van der Waals surface area contributed by atoms with Crippen LogP contribution in [-0.4, -0.2) is 25.9 Å². The van der Waals surface area contributed by atoms with Crippen LogP contribution in [0.2, 0.25) is 0 Å². The molecule has 2 N–H and O–H groups in total. The van der Waals surface area contributed by atoms with Gasteiger partial charge >= 0.3 is 0 Å². The van der Waals surface area contributed by atoms with Gasteiger partial charge < -0.3 is 15.2 Å². The minimum absolute atomic E-state index is 0.102. The lowest BCUT2D eigenvalue weighted by Crippen LogP contribution is -2.30. The molecule has 0 heterocycles. The molecule has 0 aliphatic rings. The molecule has 3 nitrogen and oxygen atoms in total. The second-order valence-corrected chi connectivity index (χ2v) is 3.18. The minimum atomic E-state index is -0.991.